The number of ketones is 1. The number of Topliss-reactive ketones (excluding diaryl/α,β-unsaturated/α-hetero) is 1. The molecule has 3 rings (SSSR count). The van der Waals surface area contributed by atoms with Gasteiger partial charge in [-0.25, -0.2) is 4.79 Å². The predicted octanol–water partition coefficient (Wildman–Crippen LogP) is 3.79. The number of urea groups is 1. The maximum absolute atomic E-state index is 13.3. The Hall–Kier alpha value is -3.68. The first-order chi connectivity index (χ1) is 15.5. The molecule has 33 heavy (non-hydrogen) atoms. The molecule has 8 nitrogen and oxygen atoms in total. The molecule has 1 aliphatic rings. The van der Waals surface area contributed by atoms with Gasteiger partial charge >= 0.3 is 12.0 Å². The molecule has 0 unspecified atom stereocenters. The highest BCUT2D eigenvalue weighted by atomic mass is 16.6. The van der Waals surface area contributed by atoms with E-state index in [9.17, 15) is 19.2 Å². The van der Waals surface area contributed by atoms with Crippen LogP contribution in [0.1, 0.15) is 43.1 Å². The molecular weight excluding hydrogens is 422 g/mol. The van der Waals surface area contributed by atoms with E-state index in [1.54, 1.807) is 51.1 Å². The number of rotatable bonds is 3. The van der Waals surface area contributed by atoms with Crippen LogP contribution < -0.4 is 10.2 Å². The molecule has 2 aromatic rings. The number of hydrogen-bond acceptors (Lipinski definition) is 5. The van der Waals surface area contributed by atoms with Gasteiger partial charge in [0.05, 0.1) is 5.69 Å². The number of aryl methyl sites for hydroxylation is 1. The van der Waals surface area contributed by atoms with Crippen LogP contribution in [0.3, 0.4) is 0 Å². The van der Waals surface area contributed by atoms with E-state index in [1.807, 2.05) is 25.1 Å². The van der Waals surface area contributed by atoms with Crippen molar-refractivity contribution in [3.8, 4) is 0 Å². The number of para-hydroxylation sites is 1. The maximum atomic E-state index is 13.3. The van der Waals surface area contributed by atoms with Crippen LogP contribution in [0.2, 0.25) is 0 Å². The highest BCUT2D eigenvalue weighted by molar-refractivity contribution is 6.09. The Kier molecular flexibility index (Phi) is 7.16. The number of ether oxygens (including phenoxy) is 1. The lowest BCUT2D eigenvalue weighted by Crippen LogP contribution is -2.46. The molecule has 0 bridgehead atoms. The summed E-state index contributed by atoms with van der Waals surface area (Å²) in [6.07, 6.45) is 0.0474. The highest BCUT2D eigenvalue weighted by Crippen LogP contribution is 2.25. The molecule has 174 valence electrons. The molecule has 8 heteroatoms. The Bertz CT molecular complexity index is 1070. The minimum absolute atomic E-state index is 0.0474. The van der Waals surface area contributed by atoms with Crippen molar-refractivity contribution in [2.75, 3.05) is 29.9 Å². The fraction of sp³-hybridized carbons (Fsp3) is 0.360. The number of esters is 1. The summed E-state index contributed by atoms with van der Waals surface area (Å²) in [6.45, 7) is 6.52. The second-order valence-electron chi connectivity index (χ2n) is 8.98. The first kappa shape index (κ1) is 24.0. The average Bonchev–Trinajstić information content (AvgIpc) is 2.77. The van der Waals surface area contributed by atoms with E-state index >= 15 is 0 Å². The predicted molar refractivity (Wildman–Crippen MR) is 125 cm³/mol. The summed E-state index contributed by atoms with van der Waals surface area (Å²) in [5.41, 5.74) is 1.50. The summed E-state index contributed by atoms with van der Waals surface area (Å²) in [5.74, 6) is -1.31. The van der Waals surface area contributed by atoms with Gasteiger partial charge in [-0.3, -0.25) is 19.3 Å². The number of nitrogens with one attached hydrogen (secondary N) is 1. The number of fused-ring (bicyclic) bond motifs is 1. The fourth-order valence-corrected chi connectivity index (χ4v) is 3.55. The first-order valence-corrected chi connectivity index (χ1v) is 10.8. The largest absolute Gasteiger partial charge is 0.459 e. The van der Waals surface area contributed by atoms with Gasteiger partial charge in [0.25, 0.3) is 0 Å². The Labute approximate surface area is 193 Å². The molecule has 0 aliphatic carbocycles. The number of nitrogens with zero attached hydrogens (tertiary/aromatic N) is 2. The Morgan fingerprint density at radius 2 is 1.79 bits per heavy atom. The Morgan fingerprint density at radius 3 is 2.48 bits per heavy atom. The molecule has 1 N–H and O–H groups in total. The number of amides is 3. The summed E-state index contributed by atoms with van der Waals surface area (Å²) in [4.78, 5) is 54.2. The van der Waals surface area contributed by atoms with Crippen molar-refractivity contribution in [3.05, 3.63) is 59.7 Å². The summed E-state index contributed by atoms with van der Waals surface area (Å²) in [6, 6.07) is 13.4. The van der Waals surface area contributed by atoms with Crippen molar-refractivity contribution in [1.82, 2.24) is 4.90 Å². The number of benzene rings is 2. The van der Waals surface area contributed by atoms with E-state index in [0.717, 1.165) is 5.56 Å². The molecule has 1 heterocycles. The summed E-state index contributed by atoms with van der Waals surface area (Å²) < 4.78 is 5.39. The van der Waals surface area contributed by atoms with Crippen molar-refractivity contribution >= 4 is 35.1 Å². The minimum Gasteiger partial charge on any atom is -0.459 e. The van der Waals surface area contributed by atoms with Crippen LogP contribution in [0.4, 0.5) is 16.2 Å². The molecule has 0 saturated heterocycles. The number of anilines is 2. The standard InChI is InChI=1S/C25H29N3O5/c1-17-8-7-9-18(14-17)26-24(32)27-13-12-21(29)19-10-5-6-11-20(19)28(22(30)15-27)16-23(31)33-25(2,3)4/h5-11,14H,12-13,15-16H2,1-4H3,(H,26,32). The van der Waals surface area contributed by atoms with Crippen LogP contribution >= 0.6 is 0 Å². The van der Waals surface area contributed by atoms with Gasteiger partial charge in [0.2, 0.25) is 5.91 Å². The van der Waals surface area contributed by atoms with Crippen LogP contribution in [-0.2, 0) is 14.3 Å². The zero-order chi connectivity index (χ0) is 24.2. The van der Waals surface area contributed by atoms with Crippen molar-refractivity contribution in [2.24, 2.45) is 0 Å². The van der Waals surface area contributed by atoms with Crippen LogP contribution in [0.25, 0.3) is 0 Å². The molecule has 0 spiro atoms. The van der Waals surface area contributed by atoms with Crippen molar-refractivity contribution in [1.29, 1.82) is 0 Å². The Morgan fingerprint density at radius 1 is 1.06 bits per heavy atom. The number of hydrogen-bond donors (Lipinski definition) is 1. The van der Waals surface area contributed by atoms with E-state index < -0.39 is 23.5 Å². The van der Waals surface area contributed by atoms with Crippen LogP contribution in [0.5, 0.6) is 0 Å². The van der Waals surface area contributed by atoms with Crippen molar-refractivity contribution < 1.29 is 23.9 Å². The maximum Gasteiger partial charge on any atom is 0.326 e. The van der Waals surface area contributed by atoms with Gasteiger partial charge in [-0.2, -0.15) is 0 Å². The second kappa shape index (κ2) is 9.85. The smallest absolute Gasteiger partial charge is 0.326 e. The zero-order valence-electron chi connectivity index (χ0n) is 19.4. The average molecular weight is 452 g/mol. The molecule has 1 aliphatic heterocycles. The second-order valence-corrected chi connectivity index (χ2v) is 8.98. The Balaban J connectivity index is 1.88. The zero-order valence-corrected chi connectivity index (χ0v) is 19.4. The van der Waals surface area contributed by atoms with Gasteiger partial charge in [-0.15, -0.1) is 0 Å². The van der Waals surface area contributed by atoms with Crippen LogP contribution in [0.15, 0.2) is 48.5 Å². The molecule has 0 aromatic heterocycles. The van der Waals surface area contributed by atoms with Gasteiger partial charge in [0, 0.05) is 24.2 Å². The van der Waals surface area contributed by atoms with E-state index in [4.69, 9.17) is 4.74 Å². The van der Waals surface area contributed by atoms with Crippen LogP contribution in [0, 0.1) is 6.92 Å². The summed E-state index contributed by atoms with van der Waals surface area (Å²) >= 11 is 0. The van der Waals surface area contributed by atoms with Crippen molar-refractivity contribution in [3.63, 3.8) is 0 Å². The summed E-state index contributed by atoms with van der Waals surface area (Å²) in [7, 11) is 0. The van der Waals surface area contributed by atoms with Crippen molar-refractivity contribution in [2.45, 2.75) is 39.7 Å². The minimum atomic E-state index is -0.727. The van der Waals surface area contributed by atoms with Crippen LogP contribution in [-0.4, -0.2) is 53.8 Å². The monoisotopic (exact) mass is 451 g/mol. The summed E-state index contributed by atoms with van der Waals surface area (Å²) in [5, 5.41) is 2.78. The van der Waals surface area contributed by atoms with Gasteiger partial charge in [-0.1, -0.05) is 24.3 Å². The number of carbonyl (C=O) groups is 4. The molecule has 0 atom stereocenters. The number of carbonyl (C=O) groups excluding carboxylic acids is 4. The van der Waals surface area contributed by atoms with E-state index in [1.165, 1.54) is 9.80 Å². The fourth-order valence-electron chi connectivity index (χ4n) is 3.55. The topological polar surface area (TPSA) is 96.0 Å². The van der Waals surface area contributed by atoms with Gasteiger partial charge in [0.15, 0.2) is 5.78 Å². The molecule has 3 amide bonds. The van der Waals surface area contributed by atoms with Gasteiger partial charge < -0.3 is 15.0 Å². The molecule has 2 aromatic carbocycles. The molecule has 0 radical (unpaired) electrons. The highest BCUT2D eigenvalue weighted by Gasteiger charge is 2.30. The SMILES string of the molecule is Cc1cccc(NC(=O)N2CCC(=O)c3ccccc3N(CC(=O)OC(C)(C)C)C(=O)C2)c1. The third-order valence-electron chi connectivity index (χ3n) is 5.00. The quantitative estimate of drug-likeness (QED) is 0.717. The molecule has 0 saturated carbocycles. The lowest BCUT2D eigenvalue weighted by molar-refractivity contribution is -0.153. The third kappa shape index (κ3) is 6.41. The lowest BCUT2D eigenvalue weighted by Gasteiger charge is -2.28. The first-order valence-electron chi connectivity index (χ1n) is 10.8. The molecule has 0 fully saturated rings. The van der Waals surface area contributed by atoms with E-state index in [2.05, 4.69) is 5.32 Å². The lowest BCUT2D eigenvalue weighted by atomic mass is 10.1. The third-order valence-corrected chi connectivity index (χ3v) is 5.00. The normalized spacial score (nSPS) is 14.7. The van der Waals surface area contributed by atoms with Gasteiger partial charge in [0.1, 0.15) is 18.7 Å². The molecular formula is C25H29N3O5. The van der Waals surface area contributed by atoms with E-state index in [-0.39, 0.29) is 31.8 Å². The van der Waals surface area contributed by atoms with E-state index in [0.29, 0.717) is 16.9 Å². The van der Waals surface area contributed by atoms with Gasteiger partial charge in [-0.05, 0) is 57.5 Å².